The lowest BCUT2D eigenvalue weighted by Crippen LogP contribution is -2.28. The second-order valence-electron chi connectivity index (χ2n) is 7.16. The van der Waals surface area contributed by atoms with Gasteiger partial charge in [-0.05, 0) is 37.3 Å². The van der Waals surface area contributed by atoms with E-state index < -0.39 is 5.97 Å². The summed E-state index contributed by atoms with van der Waals surface area (Å²) in [4.78, 5) is 15.6. The van der Waals surface area contributed by atoms with Crippen LogP contribution in [0, 0.1) is 0 Å². The zero-order valence-corrected chi connectivity index (χ0v) is 15.5. The van der Waals surface area contributed by atoms with Gasteiger partial charge in [0.15, 0.2) is 5.82 Å². The lowest BCUT2D eigenvalue weighted by Gasteiger charge is -2.26. The molecule has 144 valence electrons. The van der Waals surface area contributed by atoms with Gasteiger partial charge in [-0.1, -0.05) is 30.3 Å². The predicted octanol–water partition coefficient (Wildman–Crippen LogP) is 3.83. The first-order valence-corrected chi connectivity index (χ1v) is 9.46. The zero-order valence-electron chi connectivity index (χ0n) is 15.5. The van der Waals surface area contributed by atoms with Gasteiger partial charge < -0.3 is 16.2 Å². The van der Waals surface area contributed by atoms with Gasteiger partial charge in [0.25, 0.3) is 0 Å². The van der Waals surface area contributed by atoms with Crippen LogP contribution in [0.4, 0.5) is 11.5 Å². The lowest BCUT2D eigenvalue weighted by atomic mass is 9.92. The molecule has 4 N–H and O–H groups in total. The van der Waals surface area contributed by atoms with Gasteiger partial charge in [0, 0.05) is 24.0 Å². The monoisotopic (exact) mass is 377 g/mol. The standard InChI is InChI=1S/C21H23N5O2/c22-15-6-8-16(9-7-15)26-13-18(14-4-2-1-3-5-14)20(25-26)24-19-12-23-11-10-17(19)21(27)28/h1-5,10-13,15-16H,6-9,22H2,(H,24,25)(H,27,28)/t15-,16+. The predicted molar refractivity (Wildman–Crippen MR) is 108 cm³/mol. The van der Waals surface area contributed by atoms with Crippen LogP contribution in [0.15, 0.2) is 55.0 Å². The van der Waals surface area contributed by atoms with Gasteiger partial charge in [-0.2, -0.15) is 5.10 Å². The summed E-state index contributed by atoms with van der Waals surface area (Å²) in [6.45, 7) is 0. The van der Waals surface area contributed by atoms with Crippen LogP contribution < -0.4 is 11.1 Å². The second-order valence-corrected chi connectivity index (χ2v) is 7.16. The highest BCUT2D eigenvalue weighted by Crippen LogP contribution is 2.34. The molecule has 0 amide bonds. The van der Waals surface area contributed by atoms with E-state index in [0.29, 0.717) is 17.5 Å². The van der Waals surface area contributed by atoms with Crippen LogP contribution in [-0.4, -0.2) is 31.9 Å². The maximum Gasteiger partial charge on any atom is 0.337 e. The van der Waals surface area contributed by atoms with Crippen molar-refractivity contribution in [2.75, 3.05) is 5.32 Å². The molecule has 0 aliphatic heterocycles. The molecule has 1 fully saturated rings. The van der Waals surface area contributed by atoms with E-state index in [0.717, 1.165) is 36.8 Å². The van der Waals surface area contributed by atoms with Crippen molar-refractivity contribution in [1.29, 1.82) is 0 Å². The highest BCUT2D eigenvalue weighted by molar-refractivity contribution is 5.95. The van der Waals surface area contributed by atoms with Crippen molar-refractivity contribution in [2.24, 2.45) is 5.73 Å². The number of carboxylic acid groups (broad SMARTS) is 1. The molecule has 0 saturated heterocycles. The van der Waals surface area contributed by atoms with Gasteiger partial charge in [0.1, 0.15) is 0 Å². The van der Waals surface area contributed by atoms with E-state index in [4.69, 9.17) is 10.8 Å². The minimum atomic E-state index is -1.01. The van der Waals surface area contributed by atoms with E-state index >= 15 is 0 Å². The number of benzene rings is 1. The molecule has 4 rings (SSSR count). The number of aromatic carboxylic acids is 1. The van der Waals surface area contributed by atoms with Crippen LogP contribution in [-0.2, 0) is 0 Å². The molecule has 0 radical (unpaired) electrons. The maximum atomic E-state index is 11.5. The van der Waals surface area contributed by atoms with Gasteiger partial charge >= 0.3 is 5.97 Å². The number of hydrogen-bond acceptors (Lipinski definition) is 5. The number of anilines is 2. The Morgan fingerprint density at radius 1 is 1.14 bits per heavy atom. The average Bonchev–Trinajstić information content (AvgIpc) is 3.13. The molecule has 1 aromatic carbocycles. The lowest BCUT2D eigenvalue weighted by molar-refractivity contribution is 0.0698. The number of aromatic nitrogens is 3. The molecule has 0 atom stereocenters. The molecule has 1 aliphatic rings. The number of nitrogens with two attached hydrogens (primary N) is 1. The van der Waals surface area contributed by atoms with Crippen molar-refractivity contribution < 1.29 is 9.90 Å². The molecule has 2 aromatic heterocycles. The van der Waals surface area contributed by atoms with Crippen LogP contribution in [0.25, 0.3) is 11.1 Å². The summed E-state index contributed by atoms with van der Waals surface area (Å²) in [5.41, 5.74) is 8.57. The summed E-state index contributed by atoms with van der Waals surface area (Å²) in [5, 5.41) is 17.4. The second kappa shape index (κ2) is 7.82. The highest BCUT2D eigenvalue weighted by atomic mass is 16.4. The van der Waals surface area contributed by atoms with Gasteiger partial charge in [-0.15, -0.1) is 0 Å². The van der Waals surface area contributed by atoms with Crippen molar-refractivity contribution >= 4 is 17.5 Å². The Kier molecular flexibility index (Phi) is 5.08. The van der Waals surface area contributed by atoms with E-state index in [1.54, 1.807) is 0 Å². The number of hydrogen-bond donors (Lipinski definition) is 3. The van der Waals surface area contributed by atoms with Gasteiger partial charge in [-0.25, -0.2) is 4.79 Å². The SMILES string of the molecule is N[C@H]1CC[C@@H](n2cc(-c3ccccc3)c(Nc3cnccc3C(=O)O)n2)CC1. The van der Waals surface area contributed by atoms with Crippen molar-refractivity contribution in [3.63, 3.8) is 0 Å². The Balaban J connectivity index is 1.72. The Bertz CT molecular complexity index is 962. The van der Waals surface area contributed by atoms with E-state index in [9.17, 15) is 9.90 Å². The first-order chi connectivity index (χ1) is 13.6. The minimum absolute atomic E-state index is 0.159. The first-order valence-electron chi connectivity index (χ1n) is 9.46. The molecular formula is C21H23N5O2. The number of rotatable bonds is 5. The molecule has 1 saturated carbocycles. The number of carboxylic acids is 1. The summed E-state index contributed by atoms with van der Waals surface area (Å²) in [6, 6.07) is 12.0. The molecule has 7 heteroatoms. The average molecular weight is 377 g/mol. The molecule has 1 aliphatic carbocycles. The van der Waals surface area contributed by atoms with Crippen molar-refractivity contribution in [2.45, 2.75) is 37.8 Å². The van der Waals surface area contributed by atoms with Crippen molar-refractivity contribution in [3.05, 3.63) is 60.6 Å². The molecular weight excluding hydrogens is 354 g/mol. The van der Waals surface area contributed by atoms with Crippen molar-refractivity contribution in [1.82, 2.24) is 14.8 Å². The normalized spacial score (nSPS) is 19.3. The third-order valence-electron chi connectivity index (χ3n) is 5.24. The summed E-state index contributed by atoms with van der Waals surface area (Å²) < 4.78 is 1.99. The molecule has 0 bridgehead atoms. The number of nitrogens with zero attached hydrogens (tertiary/aromatic N) is 3. The largest absolute Gasteiger partial charge is 0.478 e. The number of carbonyl (C=O) groups is 1. The number of pyridine rings is 1. The van der Waals surface area contributed by atoms with Crippen LogP contribution in [0.2, 0.25) is 0 Å². The van der Waals surface area contributed by atoms with E-state index in [1.807, 2.05) is 41.2 Å². The first kappa shape index (κ1) is 18.2. The van der Waals surface area contributed by atoms with E-state index in [-0.39, 0.29) is 11.6 Å². The van der Waals surface area contributed by atoms with Crippen LogP contribution in [0.5, 0.6) is 0 Å². The summed E-state index contributed by atoms with van der Waals surface area (Å²) in [6.07, 6.45) is 8.97. The Labute approximate surface area is 163 Å². The fraction of sp³-hybridized carbons (Fsp3) is 0.286. The fourth-order valence-electron chi connectivity index (χ4n) is 3.67. The fourth-order valence-corrected chi connectivity index (χ4v) is 3.67. The zero-order chi connectivity index (χ0) is 19.5. The Morgan fingerprint density at radius 2 is 1.89 bits per heavy atom. The van der Waals surface area contributed by atoms with Gasteiger partial charge in [0.05, 0.1) is 23.5 Å². The third-order valence-corrected chi connectivity index (χ3v) is 5.24. The maximum absolute atomic E-state index is 11.5. The summed E-state index contributed by atoms with van der Waals surface area (Å²) in [5.74, 6) is -0.386. The summed E-state index contributed by atoms with van der Waals surface area (Å²) in [7, 11) is 0. The Hall–Kier alpha value is -3.19. The quantitative estimate of drug-likeness (QED) is 0.624. The minimum Gasteiger partial charge on any atom is -0.478 e. The van der Waals surface area contributed by atoms with Crippen LogP contribution in [0.3, 0.4) is 0 Å². The van der Waals surface area contributed by atoms with Crippen LogP contribution >= 0.6 is 0 Å². The topological polar surface area (TPSA) is 106 Å². The van der Waals surface area contributed by atoms with E-state index in [2.05, 4.69) is 10.3 Å². The molecule has 3 aromatic rings. The third kappa shape index (κ3) is 3.75. The van der Waals surface area contributed by atoms with Crippen LogP contribution in [0.1, 0.15) is 42.1 Å². The summed E-state index contributed by atoms with van der Waals surface area (Å²) >= 11 is 0. The molecule has 0 unspecified atom stereocenters. The molecule has 2 heterocycles. The smallest absolute Gasteiger partial charge is 0.337 e. The van der Waals surface area contributed by atoms with Gasteiger partial charge in [0.2, 0.25) is 0 Å². The molecule has 0 spiro atoms. The van der Waals surface area contributed by atoms with Gasteiger partial charge in [-0.3, -0.25) is 9.67 Å². The van der Waals surface area contributed by atoms with Crippen molar-refractivity contribution in [3.8, 4) is 11.1 Å². The highest BCUT2D eigenvalue weighted by Gasteiger charge is 2.23. The molecule has 28 heavy (non-hydrogen) atoms. The Morgan fingerprint density at radius 3 is 2.61 bits per heavy atom. The number of nitrogens with one attached hydrogen (secondary N) is 1. The molecule has 7 nitrogen and oxygen atoms in total. The van der Waals surface area contributed by atoms with E-state index in [1.165, 1.54) is 18.5 Å².